The summed E-state index contributed by atoms with van der Waals surface area (Å²) < 4.78 is 6.04. The summed E-state index contributed by atoms with van der Waals surface area (Å²) in [5.41, 5.74) is 2.72. The zero-order valence-corrected chi connectivity index (χ0v) is 12.7. The van der Waals surface area contributed by atoms with E-state index in [2.05, 4.69) is 42.4 Å². The fourth-order valence-corrected chi connectivity index (χ4v) is 3.34. The molecule has 0 amide bonds. The van der Waals surface area contributed by atoms with Crippen LogP contribution < -0.4 is 15.0 Å². The Morgan fingerprint density at radius 1 is 1.30 bits per heavy atom. The van der Waals surface area contributed by atoms with Crippen LogP contribution in [0.25, 0.3) is 0 Å². The summed E-state index contributed by atoms with van der Waals surface area (Å²) in [4.78, 5) is 2.35. The monoisotopic (exact) mass is 274 g/mol. The highest BCUT2D eigenvalue weighted by atomic mass is 16.5. The number of anilines is 1. The lowest BCUT2D eigenvalue weighted by atomic mass is 9.90. The van der Waals surface area contributed by atoms with Crippen LogP contribution in [-0.4, -0.2) is 32.8 Å². The van der Waals surface area contributed by atoms with Crippen LogP contribution in [0.2, 0.25) is 0 Å². The maximum Gasteiger partial charge on any atom is 0.143 e. The summed E-state index contributed by atoms with van der Waals surface area (Å²) in [5, 5.41) is 3.44. The lowest BCUT2D eigenvalue weighted by molar-refractivity contribution is 0.191. The Balaban J connectivity index is 1.73. The molecule has 2 aliphatic heterocycles. The van der Waals surface area contributed by atoms with E-state index in [0.29, 0.717) is 6.10 Å². The van der Waals surface area contributed by atoms with E-state index in [1.807, 2.05) is 0 Å². The standard InChI is InChI=1S/C17H26N2O/c1-3-15-12-19(2)16-11-14(4-5-17(16)20-15)10-13-6-8-18-9-7-13/h4-5,11,13,15,18H,3,6-10,12H2,1-2H3. The zero-order valence-electron chi connectivity index (χ0n) is 12.7. The average molecular weight is 274 g/mol. The second kappa shape index (κ2) is 6.04. The first-order valence-electron chi connectivity index (χ1n) is 7.97. The fourth-order valence-electron chi connectivity index (χ4n) is 3.34. The number of likely N-dealkylation sites (N-methyl/N-ethyl adjacent to an activating group) is 1. The molecule has 2 heterocycles. The van der Waals surface area contributed by atoms with E-state index in [9.17, 15) is 0 Å². The van der Waals surface area contributed by atoms with E-state index in [1.165, 1.54) is 43.6 Å². The molecule has 2 aliphatic rings. The van der Waals surface area contributed by atoms with Gasteiger partial charge in [0.1, 0.15) is 11.9 Å². The van der Waals surface area contributed by atoms with Gasteiger partial charge >= 0.3 is 0 Å². The first-order chi connectivity index (χ1) is 9.76. The smallest absolute Gasteiger partial charge is 0.143 e. The lowest BCUT2D eigenvalue weighted by Gasteiger charge is -2.34. The molecule has 1 saturated heterocycles. The second-order valence-electron chi connectivity index (χ2n) is 6.23. The molecule has 3 nitrogen and oxygen atoms in total. The van der Waals surface area contributed by atoms with Gasteiger partial charge in [0.2, 0.25) is 0 Å². The van der Waals surface area contributed by atoms with Crippen LogP contribution >= 0.6 is 0 Å². The van der Waals surface area contributed by atoms with Crippen molar-refractivity contribution in [1.29, 1.82) is 0 Å². The highest BCUT2D eigenvalue weighted by molar-refractivity contribution is 5.61. The number of hydrogen-bond acceptors (Lipinski definition) is 3. The number of ether oxygens (including phenoxy) is 1. The van der Waals surface area contributed by atoms with Crippen LogP contribution in [0.15, 0.2) is 18.2 Å². The van der Waals surface area contributed by atoms with E-state index in [1.54, 1.807) is 0 Å². The molecule has 110 valence electrons. The van der Waals surface area contributed by atoms with E-state index < -0.39 is 0 Å². The number of piperidine rings is 1. The van der Waals surface area contributed by atoms with Gasteiger partial charge in [-0.15, -0.1) is 0 Å². The molecule has 1 fully saturated rings. The largest absolute Gasteiger partial charge is 0.486 e. The Bertz CT molecular complexity index is 454. The minimum Gasteiger partial charge on any atom is -0.486 e. The highest BCUT2D eigenvalue weighted by Gasteiger charge is 2.23. The summed E-state index contributed by atoms with van der Waals surface area (Å²) in [6.07, 6.45) is 5.23. The van der Waals surface area contributed by atoms with Gasteiger partial charge in [0.05, 0.1) is 12.2 Å². The van der Waals surface area contributed by atoms with Gasteiger partial charge in [-0.25, -0.2) is 0 Å². The van der Waals surface area contributed by atoms with Crippen LogP contribution in [0.3, 0.4) is 0 Å². The molecule has 1 N–H and O–H groups in total. The molecule has 20 heavy (non-hydrogen) atoms. The third-order valence-corrected chi connectivity index (χ3v) is 4.64. The van der Waals surface area contributed by atoms with Gasteiger partial charge in [-0.1, -0.05) is 13.0 Å². The maximum atomic E-state index is 6.04. The predicted octanol–water partition coefficient (Wildman–Crippen LogP) is 2.84. The van der Waals surface area contributed by atoms with E-state index in [4.69, 9.17) is 4.74 Å². The molecule has 1 atom stereocenters. The summed E-state index contributed by atoms with van der Waals surface area (Å²) in [7, 11) is 2.18. The molecule has 1 unspecified atom stereocenters. The first-order valence-corrected chi connectivity index (χ1v) is 7.97. The molecule has 0 aromatic heterocycles. The van der Waals surface area contributed by atoms with Crippen molar-refractivity contribution in [2.75, 3.05) is 31.6 Å². The molecule has 0 radical (unpaired) electrons. The molecule has 1 aromatic rings. The van der Waals surface area contributed by atoms with Crippen LogP contribution in [0.4, 0.5) is 5.69 Å². The Kier molecular flexibility index (Phi) is 4.16. The molecule has 0 bridgehead atoms. The zero-order chi connectivity index (χ0) is 13.9. The molecular formula is C17H26N2O. The molecule has 3 rings (SSSR count). The van der Waals surface area contributed by atoms with Crippen LogP contribution in [0, 0.1) is 5.92 Å². The number of fused-ring (bicyclic) bond motifs is 1. The molecule has 1 aromatic carbocycles. The normalized spacial score (nSPS) is 23.3. The first kappa shape index (κ1) is 13.7. The van der Waals surface area contributed by atoms with Crippen molar-refractivity contribution < 1.29 is 4.74 Å². The molecule has 0 spiro atoms. The van der Waals surface area contributed by atoms with Crippen molar-refractivity contribution in [3.8, 4) is 5.75 Å². The van der Waals surface area contributed by atoms with Gasteiger partial charge in [-0.05, 0) is 62.4 Å². The third-order valence-electron chi connectivity index (χ3n) is 4.64. The van der Waals surface area contributed by atoms with Crippen molar-refractivity contribution in [3.05, 3.63) is 23.8 Å². The molecule has 0 saturated carbocycles. The van der Waals surface area contributed by atoms with E-state index >= 15 is 0 Å². The van der Waals surface area contributed by atoms with Crippen LogP contribution in [0.1, 0.15) is 31.7 Å². The fraction of sp³-hybridized carbons (Fsp3) is 0.647. The Labute approximate surface area is 122 Å². The Morgan fingerprint density at radius 3 is 2.85 bits per heavy atom. The average Bonchev–Trinajstić information content (AvgIpc) is 2.48. The van der Waals surface area contributed by atoms with Gasteiger partial charge in [0.25, 0.3) is 0 Å². The van der Waals surface area contributed by atoms with Crippen LogP contribution in [-0.2, 0) is 6.42 Å². The van der Waals surface area contributed by atoms with Crippen molar-refractivity contribution in [2.24, 2.45) is 5.92 Å². The minimum absolute atomic E-state index is 0.336. The number of benzene rings is 1. The minimum atomic E-state index is 0.336. The second-order valence-corrected chi connectivity index (χ2v) is 6.23. The molecular weight excluding hydrogens is 248 g/mol. The third kappa shape index (κ3) is 2.93. The summed E-state index contributed by atoms with van der Waals surface area (Å²) in [6.45, 7) is 5.54. The SMILES string of the molecule is CCC1CN(C)c2cc(CC3CCNCC3)ccc2O1. The van der Waals surface area contributed by atoms with E-state index in [0.717, 1.165) is 24.6 Å². The van der Waals surface area contributed by atoms with Gasteiger partial charge in [0.15, 0.2) is 0 Å². The van der Waals surface area contributed by atoms with Crippen LogP contribution in [0.5, 0.6) is 5.75 Å². The summed E-state index contributed by atoms with van der Waals surface area (Å²) in [6, 6.07) is 6.76. The number of hydrogen-bond donors (Lipinski definition) is 1. The highest BCUT2D eigenvalue weighted by Crippen LogP contribution is 2.35. The topological polar surface area (TPSA) is 24.5 Å². The summed E-state index contributed by atoms with van der Waals surface area (Å²) in [5.74, 6) is 1.90. The van der Waals surface area contributed by atoms with Gasteiger partial charge in [0, 0.05) is 7.05 Å². The maximum absolute atomic E-state index is 6.04. The Morgan fingerprint density at radius 2 is 2.10 bits per heavy atom. The number of rotatable bonds is 3. The van der Waals surface area contributed by atoms with E-state index in [-0.39, 0.29) is 0 Å². The lowest BCUT2D eigenvalue weighted by Crippen LogP contribution is -2.37. The van der Waals surface area contributed by atoms with Gasteiger partial charge in [-0.2, -0.15) is 0 Å². The van der Waals surface area contributed by atoms with Crippen molar-refractivity contribution in [3.63, 3.8) is 0 Å². The number of nitrogens with one attached hydrogen (secondary N) is 1. The molecule has 0 aliphatic carbocycles. The molecule has 3 heteroatoms. The quantitative estimate of drug-likeness (QED) is 0.917. The van der Waals surface area contributed by atoms with Gasteiger partial charge in [-0.3, -0.25) is 0 Å². The van der Waals surface area contributed by atoms with Crippen molar-refractivity contribution >= 4 is 5.69 Å². The number of nitrogens with zero attached hydrogens (tertiary/aromatic N) is 1. The van der Waals surface area contributed by atoms with Gasteiger partial charge < -0.3 is 15.0 Å². The Hall–Kier alpha value is -1.22. The van der Waals surface area contributed by atoms with Crippen molar-refractivity contribution in [1.82, 2.24) is 5.32 Å². The van der Waals surface area contributed by atoms with Crippen molar-refractivity contribution in [2.45, 2.75) is 38.7 Å². The predicted molar refractivity (Wildman–Crippen MR) is 83.7 cm³/mol. The summed E-state index contributed by atoms with van der Waals surface area (Å²) >= 11 is 0.